The van der Waals surface area contributed by atoms with Gasteiger partial charge < -0.3 is 8.83 Å². The van der Waals surface area contributed by atoms with Gasteiger partial charge in [0.2, 0.25) is 0 Å². The van der Waals surface area contributed by atoms with Gasteiger partial charge >= 0.3 is 0 Å². The van der Waals surface area contributed by atoms with E-state index in [-0.39, 0.29) is 0 Å². The van der Waals surface area contributed by atoms with Crippen LogP contribution in [0, 0.1) is 0 Å². The minimum absolute atomic E-state index is 0.507. The first-order valence-corrected chi connectivity index (χ1v) is 38.0. The lowest BCUT2D eigenvalue weighted by Gasteiger charge is -2.11. The number of benzene rings is 18. The molecule has 0 saturated heterocycles. The number of fused-ring (bicyclic) bond motifs is 38. The highest BCUT2D eigenvalue weighted by atomic mass is 32.1. The van der Waals surface area contributed by atoms with Crippen LogP contribution in [0.15, 0.2) is 326 Å². The second-order valence-corrected chi connectivity index (χ2v) is 29.7. The molecule has 0 spiro atoms. The van der Waals surface area contributed by atoms with Gasteiger partial charge in [0, 0.05) is 147 Å². The van der Waals surface area contributed by atoms with Crippen molar-refractivity contribution in [3.63, 3.8) is 0 Å². The van der Waals surface area contributed by atoms with Gasteiger partial charge in [-0.05, 0) is 179 Å². The maximum atomic E-state index is 6.17. The van der Waals surface area contributed by atoms with Gasteiger partial charge in [-0.1, -0.05) is 152 Å². The number of thiophene rings is 1. The number of furan rings is 2. The third-order valence-corrected chi connectivity index (χ3v) is 23.5. The predicted molar refractivity (Wildman–Crippen MR) is 464 cm³/mol. The first kappa shape index (κ1) is 62.7. The molecule has 0 saturated carbocycles. The number of nitrogens with zero attached hydrogens (tertiary/aromatic N) is 12. The normalized spacial score (nSPS) is 12.1. The first-order valence-electron chi connectivity index (χ1n) is 37.2. The molecule has 0 aliphatic carbocycles. The minimum atomic E-state index is 0.507. The van der Waals surface area contributed by atoms with Crippen LogP contribution in [0.2, 0.25) is 0 Å². The molecule has 0 unspecified atom stereocenters. The zero-order valence-electron chi connectivity index (χ0n) is 59.6. The molecule has 0 aliphatic rings. The van der Waals surface area contributed by atoms with E-state index in [2.05, 4.69) is 232 Å². The fourth-order valence-corrected chi connectivity index (χ4v) is 18.4. The van der Waals surface area contributed by atoms with E-state index in [4.69, 9.17) is 48.7 Å². The van der Waals surface area contributed by atoms with Gasteiger partial charge in [0.25, 0.3) is 0 Å². The molecule has 9 heterocycles. The van der Waals surface area contributed by atoms with Crippen molar-refractivity contribution in [3.8, 4) is 0 Å². The second-order valence-electron chi connectivity index (χ2n) is 28.6. The molecule has 14 nitrogen and oxygen atoms in total. The summed E-state index contributed by atoms with van der Waals surface area (Å²) in [7, 11) is 0. The third kappa shape index (κ3) is 9.85. The lowest BCUT2D eigenvalue weighted by molar-refractivity contribution is 0.669. The summed E-state index contributed by atoms with van der Waals surface area (Å²) < 4.78 is 15.0. The van der Waals surface area contributed by atoms with Crippen LogP contribution in [-0.4, -0.2) is 59.8 Å². The molecule has 15 heteroatoms. The Balaban J connectivity index is 0.0000000874. The molecule has 18 aromatic carbocycles. The van der Waals surface area contributed by atoms with Gasteiger partial charge in [-0.15, -0.1) is 11.3 Å². The summed E-state index contributed by atoms with van der Waals surface area (Å²) in [6.07, 6.45) is 17.3. The molecular weight excluding hydrogens is 1410 g/mol. The molecule has 0 N–H and O–H groups in total. The molecule has 0 amide bonds. The van der Waals surface area contributed by atoms with E-state index in [9.17, 15) is 0 Å². The van der Waals surface area contributed by atoms with Crippen LogP contribution in [-0.2, 0) is 0 Å². The van der Waals surface area contributed by atoms with Crippen LogP contribution >= 0.6 is 11.3 Å². The molecule has 0 radical (unpaired) electrons. The average molecular weight is 1460 g/mol. The molecular formula is C98H52N12O2S. The molecule has 27 rings (SSSR count). The smallest absolute Gasteiger partial charge is 0.198 e. The monoisotopic (exact) mass is 1460 g/mol. The minimum Gasteiger partial charge on any atom is -0.456 e. The lowest BCUT2D eigenvalue weighted by atomic mass is 9.95. The molecule has 9 aromatic heterocycles. The zero-order chi connectivity index (χ0) is 73.9. The average Bonchev–Trinajstić information content (AvgIpc) is 1.66. The van der Waals surface area contributed by atoms with E-state index < -0.39 is 0 Å². The Bertz CT molecular complexity index is 8440. The maximum absolute atomic E-state index is 6.17. The van der Waals surface area contributed by atoms with E-state index in [1.165, 1.54) is 90.2 Å². The van der Waals surface area contributed by atoms with Crippen molar-refractivity contribution >= 4 is 260 Å². The molecule has 27 aromatic rings. The van der Waals surface area contributed by atoms with E-state index in [0.29, 0.717) is 16.8 Å². The zero-order valence-corrected chi connectivity index (χ0v) is 60.4. The number of hydrogen-bond acceptors (Lipinski definition) is 15. The molecule has 0 bridgehead atoms. The topological polar surface area (TPSA) is 181 Å². The van der Waals surface area contributed by atoms with Crippen LogP contribution in [0.3, 0.4) is 0 Å². The van der Waals surface area contributed by atoms with Crippen LogP contribution in [0.25, 0.3) is 249 Å². The van der Waals surface area contributed by atoms with E-state index in [0.717, 1.165) is 142 Å². The fourth-order valence-electron chi connectivity index (χ4n) is 17.2. The van der Waals surface area contributed by atoms with E-state index in [1.54, 1.807) is 62.0 Å². The van der Waals surface area contributed by atoms with Crippen LogP contribution in [0.4, 0.5) is 0 Å². The summed E-state index contributed by atoms with van der Waals surface area (Å²) in [6.45, 7) is 0. The maximum Gasteiger partial charge on any atom is 0.198 e. The standard InChI is InChI=1S/2C26H14N2O.C26H14N2S.C20H10N6/c1-2-6-16-12-21-18(11-15(16)5-1)19-14-24-20(17-7-3-4-8-23(17)29-24)13-22(19)26-25(21)27-9-10-28-26;1-2-6-16-12-21-18(11-15(16)5-1)19-13-20-17-7-3-4-8-23(17)29-24(20)14-22(19)26-25(21)27-9-10-28-26;1-2-6-16-12-21-18(11-15(16)5-1)19-14-24-20(17-7-3-4-8-23(17)29-24)13-22(19)26-25(21)27-9-10-28-26;1-2-4-12-10-14-13(9-11(12)3-1)15-17(22-6-5-21-15)18-16(14)25-19-20(26-18)24-8-7-23-19/h3*1-14H;1-10H. The Morgan fingerprint density at radius 2 is 0.442 bits per heavy atom. The number of rotatable bonds is 0. The summed E-state index contributed by atoms with van der Waals surface area (Å²) in [5.74, 6) is 0. The summed E-state index contributed by atoms with van der Waals surface area (Å²) in [5, 5.41) is 32.7. The molecule has 0 fully saturated rings. The Kier molecular flexibility index (Phi) is 13.6. The Labute approximate surface area is 641 Å². The van der Waals surface area contributed by atoms with Crippen LogP contribution < -0.4 is 0 Å². The first-order chi connectivity index (χ1) is 56.0. The predicted octanol–water partition coefficient (Wildman–Crippen LogP) is 25.3. The SMILES string of the molecule is c1ccc2cc3c(cc2c1)c1cc2c(cc1c1nccnc31)oc1ccccc12.c1ccc2cc3c(cc2c1)c1cc2oc4ccccc4c2cc1c1nccnc31.c1ccc2cc3c(cc2c1)c1cc2sc4ccccc4c2cc1c1nccnc31.c1ccc2cc3c(cc2c1)c1nccnc1c1nc2nccnc2nc31. The van der Waals surface area contributed by atoms with Gasteiger partial charge in [-0.3, -0.25) is 39.9 Å². The van der Waals surface area contributed by atoms with E-state index in [1.807, 2.05) is 53.8 Å². The van der Waals surface area contributed by atoms with Crippen molar-refractivity contribution in [1.82, 2.24) is 59.8 Å². The van der Waals surface area contributed by atoms with Crippen molar-refractivity contribution in [1.29, 1.82) is 0 Å². The van der Waals surface area contributed by atoms with Gasteiger partial charge in [-0.2, -0.15) is 0 Å². The number of aromatic nitrogens is 12. The Morgan fingerprint density at radius 3 is 0.885 bits per heavy atom. The summed E-state index contributed by atoms with van der Waals surface area (Å²) in [4.78, 5) is 55.5. The highest BCUT2D eigenvalue weighted by Gasteiger charge is 2.22. The molecule has 522 valence electrons. The highest BCUT2D eigenvalue weighted by molar-refractivity contribution is 7.25. The van der Waals surface area contributed by atoms with Crippen molar-refractivity contribution in [2.75, 3.05) is 0 Å². The lowest BCUT2D eigenvalue weighted by Crippen LogP contribution is -1.96. The third-order valence-electron chi connectivity index (χ3n) is 22.3. The Morgan fingerprint density at radius 1 is 0.168 bits per heavy atom. The fraction of sp³-hybridized carbons (Fsp3) is 0. The van der Waals surface area contributed by atoms with Crippen molar-refractivity contribution in [2.24, 2.45) is 0 Å². The summed E-state index contributed by atoms with van der Waals surface area (Å²) in [5.41, 5.74) is 13.3. The molecule has 0 aliphatic heterocycles. The van der Waals surface area contributed by atoms with Gasteiger partial charge in [0.15, 0.2) is 11.3 Å². The number of hydrogen-bond donors (Lipinski definition) is 0. The van der Waals surface area contributed by atoms with Crippen LogP contribution in [0.1, 0.15) is 0 Å². The second kappa shape index (κ2) is 24.6. The molecule has 113 heavy (non-hydrogen) atoms. The highest BCUT2D eigenvalue weighted by Crippen LogP contribution is 2.46. The van der Waals surface area contributed by atoms with Crippen LogP contribution in [0.5, 0.6) is 0 Å². The Hall–Kier alpha value is -15.3. The molecule has 0 atom stereocenters. The largest absolute Gasteiger partial charge is 0.456 e. The summed E-state index contributed by atoms with van der Waals surface area (Å²) >= 11 is 1.86. The number of para-hydroxylation sites is 2. The van der Waals surface area contributed by atoms with Crippen molar-refractivity contribution < 1.29 is 8.83 Å². The summed E-state index contributed by atoms with van der Waals surface area (Å²) in [6, 6.07) is 90.0. The van der Waals surface area contributed by atoms with Crippen molar-refractivity contribution in [3.05, 3.63) is 317 Å². The van der Waals surface area contributed by atoms with Crippen molar-refractivity contribution in [2.45, 2.75) is 0 Å². The quantitative estimate of drug-likeness (QED) is 0.103. The van der Waals surface area contributed by atoms with Gasteiger partial charge in [0.1, 0.15) is 38.9 Å². The van der Waals surface area contributed by atoms with Gasteiger partial charge in [-0.25, -0.2) is 19.9 Å². The van der Waals surface area contributed by atoms with E-state index >= 15 is 0 Å². The van der Waals surface area contributed by atoms with Gasteiger partial charge in [0.05, 0.1) is 38.6 Å².